The number of carbonyl (C=O) groups excluding carboxylic acids is 1. The molecule has 1 N–H and O–H groups in total. The smallest absolute Gasteiger partial charge is 0.273 e. The Kier molecular flexibility index (Phi) is 5.74. The van der Waals surface area contributed by atoms with Crippen LogP contribution in [0.3, 0.4) is 0 Å². The summed E-state index contributed by atoms with van der Waals surface area (Å²) in [7, 11) is 0. The third-order valence-electron chi connectivity index (χ3n) is 4.99. The molecular formula is C22H24N6O. The van der Waals surface area contributed by atoms with Crippen molar-refractivity contribution in [2.24, 2.45) is 0 Å². The molecular weight excluding hydrogens is 364 g/mol. The lowest BCUT2D eigenvalue weighted by atomic mass is 10.2. The minimum absolute atomic E-state index is 0.235. The van der Waals surface area contributed by atoms with Gasteiger partial charge in [0.2, 0.25) is 0 Å². The summed E-state index contributed by atoms with van der Waals surface area (Å²) in [5, 5.41) is 10.9. The van der Waals surface area contributed by atoms with Crippen LogP contribution in [-0.4, -0.2) is 37.4 Å². The van der Waals surface area contributed by atoms with E-state index in [0.717, 1.165) is 36.3 Å². The molecule has 1 aromatic carbocycles. The number of amides is 1. The topological polar surface area (TPSA) is 85.6 Å². The van der Waals surface area contributed by atoms with Crippen molar-refractivity contribution in [1.29, 1.82) is 0 Å². The van der Waals surface area contributed by atoms with Gasteiger partial charge in [0.15, 0.2) is 5.69 Å². The predicted octanol–water partition coefficient (Wildman–Crippen LogP) is 2.55. The first-order chi connectivity index (χ1) is 14.2. The van der Waals surface area contributed by atoms with E-state index >= 15 is 0 Å². The van der Waals surface area contributed by atoms with Crippen LogP contribution < -0.4 is 5.32 Å². The fraction of sp³-hybridized carbons (Fsp3) is 0.318. The molecule has 0 atom stereocenters. The zero-order valence-electron chi connectivity index (χ0n) is 16.5. The molecule has 1 aliphatic rings. The van der Waals surface area contributed by atoms with Gasteiger partial charge >= 0.3 is 0 Å². The molecule has 0 radical (unpaired) electrons. The number of allylic oxidation sites excluding steroid dienone is 1. The number of aryl methyl sites for hydroxylation is 2. The van der Waals surface area contributed by atoms with Crippen molar-refractivity contribution in [3.63, 3.8) is 0 Å². The molecule has 0 saturated heterocycles. The minimum Gasteiger partial charge on any atom is -0.350 e. The molecule has 29 heavy (non-hydrogen) atoms. The molecule has 0 aliphatic heterocycles. The van der Waals surface area contributed by atoms with Gasteiger partial charge in [-0.15, -0.1) is 5.10 Å². The third kappa shape index (κ3) is 4.74. The normalized spacial score (nSPS) is 13.0. The van der Waals surface area contributed by atoms with Crippen LogP contribution in [-0.2, 0) is 25.8 Å². The van der Waals surface area contributed by atoms with Gasteiger partial charge in [-0.1, -0.05) is 47.7 Å². The first-order valence-electron chi connectivity index (χ1n) is 9.94. The maximum absolute atomic E-state index is 12.3. The van der Waals surface area contributed by atoms with Crippen LogP contribution in [0.2, 0.25) is 0 Å². The van der Waals surface area contributed by atoms with E-state index in [0.29, 0.717) is 25.2 Å². The Bertz CT molecular complexity index is 1030. The Labute approximate surface area is 169 Å². The van der Waals surface area contributed by atoms with Crippen molar-refractivity contribution >= 4 is 12.0 Å². The van der Waals surface area contributed by atoms with Crippen LogP contribution in [0.25, 0.3) is 6.08 Å². The van der Waals surface area contributed by atoms with Crippen LogP contribution >= 0.6 is 0 Å². The summed E-state index contributed by atoms with van der Waals surface area (Å²) < 4.78 is 1.64. The Hall–Kier alpha value is -3.35. The Morgan fingerprint density at radius 2 is 2.07 bits per heavy atom. The lowest BCUT2D eigenvalue weighted by Crippen LogP contribution is -2.26. The molecule has 1 aliphatic carbocycles. The number of nitrogens with zero attached hydrogens (tertiary/aromatic N) is 5. The number of benzene rings is 1. The third-order valence-corrected chi connectivity index (χ3v) is 4.99. The lowest BCUT2D eigenvalue weighted by Gasteiger charge is -2.07. The maximum atomic E-state index is 12.3. The van der Waals surface area contributed by atoms with Gasteiger partial charge in [0.1, 0.15) is 5.82 Å². The van der Waals surface area contributed by atoms with E-state index in [-0.39, 0.29) is 5.91 Å². The molecule has 0 saturated carbocycles. The molecule has 2 heterocycles. The van der Waals surface area contributed by atoms with Crippen molar-refractivity contribution in [3.8, 4) is 0 Å². The van der Waals surface area contributed by atoms with E-state index in [1.54, 1.807) is 10.9 Å². The molecule has 4 rings (SSSR count). The summed E-state index contributed by atoms with van der Waals surface area (Å²) in [6.07, 6.45) is 9.52. The molecule has 7 nitrogen and oxygen atoms in total. The van der Waals surface area contributed by atoms with Crippen molar-refractivity contribution in [3.05, 3.63) is 76.6 Å². The van der Waals surface area contributed by atoms with E-state index in [9.17, 15) is 4.79 Å². The molecule has 1 amide bonds. The fourth-order valence-electron chi connectivity index (χ4n) is 3.53. The van der Waals surface area contributed by atoms with Gasteiger partial charge in [0, 0.05) is 24.4 Å². The largest absolute Gasteiger partial charge is 0.350 e. The highest BCUT2D eigenvalue weighted by molar-refractivity contribution is 5.91. The maximum Gasteiger partial charge on any atom is 0.273 e. The molecule has 0 bridgehead atoms. The fourth-order valence-corrected chi connectivity index (χ4v) is 3.53. The van der Waals surface area contributed by atoms with Crippen molar-refractivity contribution in [2.45, 2.75) is 39.2 Å². The highest BCUT2D eigenvalue weighted by atomic mass is 16.2. The number of fused-ring (bicyclic) bond motifs is 1. The number of hydrogen-bond acceptors (Lipinski definition) is 5. The van der Waals surface area contributed by atoms with Crippen molar-refractivity contribution in [2.75, 3.05) is 6.54 Å². The second-order valence-electron chi connectivity index (χ2n) is 7.15. The minimum atomic E-state index is -0.235. The van der Waals surface area contributed by atoms with Crippen LogP contribution in [0.1, 0.15) is 45.2 Å². The van der Waals surface area contributed by atoms with E-state index < -0.39 is 0 Å². The number of hydrogen-bond donors (Lipinski definition) is 1. The summed E-state index contributed by atoms with van der Waals surface area (Å²) in [5.41, 5.74) is 4.97. The van der Waals surface area contributed by atoms with Crippen LogP contribution in [0, 0.1) is 6.92 Å². The summed E-state index contributed by atoms with van der Waals surface area (Å²) in [4.78, 5) is 21.5. The summed E-state index contributed by atoms with van der Waals surface area (Å²) in [6, 6.07) is 10.0. The first kappa shape index (κ1) is 19.0. The first-order valence-corrected chi connectivity index (χ1v) is 9.94. The lowest BCUT2D eigenvalue weighted by molar-refractivity contribution is 0.0949. The van der Waals surface area contributed by atoms with Gasteiger partial charge in [0.25, 0.3) is 5.91 Å². The predicted molar refractivity (Wildman–Crippen MR) is 110 cm³/mol. The highest BCUT2D eigenvalue weighted by Crippen LogP contribution is 2.22. The SMILES string of the molecule is Cc1nc(CCNC(=O)c2cn(C/C=C/c3ccccc3)nn2)nc2c1CCC2. The van der Waals surface area contributed by atoms with E-state index in [1.807, 2.05) is 49.4 Å². The average molecular weight is 388 g/mol. The zero-order valence-corrected chi connectivity index (χ0v) is 16.5. The Morgan fingerprint density at radius 3 is 2.93 bits per heavy atom. The van der Waals surface area contributed by atoms with Crippen molar-refractivity contribution < 1.29 is 4.79 Å². The standard InChI is InChI=1S/C22H24N6O/c1-16-18-10-5-11-19(18)25-21(24-16)12-13-23-22(29)20-15-28(27-26-20)14-6-9-17-7-3-2-4-8-17/h2-4,6-9,15H,5,10-14H2,1H3,(H,23,29)/b9-6+. The summed E-state index contributed by atoms with van der Waals surface area (Å²) in [5.74, 6) is 0.555. The monoisotopic (exact) mass is 388 g/mol. The van der Waals surface area contributed by atoms with Crippen molar-refractivity contribution in [1.82, 2.24) is 30.3 Å². The Morgan fingerprint density at radius 1 is 1.21 bits per heavy atom. The van der Waals surface area contributed by atoms with Gasteiger partial charge in [-0.25, -0.2) is 14.6 Å². The molecule has 3 aromatic rings. The highest BCUT2D eigenvalue weighted by Gasteiger charge is 2.17. The molecule has 7 heteroatoms. The summed E-state index contributed by atoms with van der Waals surface area (Å²) in [6.45, 7) is 3.06. The number of aromatic nitrogens is 5. The van der Waals surface area contributed by atoms with E-state index in [4.69, 9.17) is 0 Å². The van der Waals surface area contributed by atoms with Gasteiger partial charge < -0.3 is 5.32 Å². The molecule has 0 fully saturated rings. The molecule has 148 valence electrons. The second kappa shape index (κ2) is 8.77. The second-order valence-corrected chi connectivity index (χ2v) is 7.15. The molecule has 2 aromatic heterocycles. The van der Waals surface area contributed by atoms with Gasteiger partial charge in [-0.2, -0.15) is 0 Å². The molecule has 0 spiro atoms. The van der Waals surface area contributed by atoms with Crippen LogP contribution in [0.5, 0.6) is 0 Å². The number of nitrogens with one attached hydrogen (secondary N) is 1. The van der Waals surface area contributed by atoms with Crippen LogP contribution in [0.15, 0.2) is 42.6 Å². The number of carbonyl (C=O) groups is 1. The average Bonchev–Trinajstić information content (AvgIpc) is 3.39. The summed E-state index contributed by atoms with van der Waals surface area (Å²) >= 11 is 0. The van der Waals surface area contributed by atoms with Gasteiger partial charge in [-0.05, 0) is 37.3 Å². The Balaban J connectivity index is 1.27. The van der Waals surface area contributed by atoms with E-state index in [2.05, 4.69) is 25.6 Å². The van der Waals surface area contributed by atoms with Gasteiger partial charge in [-0.3, -0.25) is 4.79 Å². The quantitative estimate of drug-likeness (QED) is 0.672. The number of rotatable bonds is 7. The zero-order chi connectivity index (χ0) is 20.1. The molecule has 0 unspecified atom stereocenters. The van der Waals surface area contributed by atoms with E-state index in [1.165, 1.54) is 11.3 Å². The van der Waals surface area contributed by atoms with Crippen LogP contribution in [0.4, 0.5) is 0 Å². The van der Waals surface area contributed by atoms with Gasteiger partial charge in [0.05, 0.1) is 12.7 Å².